The van der Waals surface area contributed by atoms with Crippen LogP contribution in [0, 0.1) is 0 Å². The van der Waals surface area contributed by atoms with Crippen molar-refractivity contribution in [2.24, 2.45) is 9.98 Å². The van der Waals surface area contributed by atoms with Crippen LogP contribution in [0.4, 0.5) is 0 Å². The molecule has 11 nitrogen and oxygen atoms in total. The summed E-state index contributed by atoms with van der Waals surface area (Å²) in [7, 11) is -3.25. The Balaban J connectivity index is 1.34. The van der Waals surface area contributed by atoms with Crippen LogP contribution >= 0.6 is 11.3 Å². The van der Waals surface area contributed by atoms with E-state index in [1.54, 1.807) is 0 Å². The van der Waals surface area contributed by atoms with E-state index in [0.29, 0.717) is 48.9 Å². The van der Waals surface area contributed by atoms with Crippen LogP contribution in [0.15, 0.2) is 22.2 Å². The first-order valence-corrected chi connectivity index (χ1v) is 15.2. The summed E-state index contributed by atoms with van der Waals surface area (Å²) in [5.41, 5.74) is 1.91. The fourth-order valence-electron chi connectivity index (χ4n) is 5.01. The van der Waals surface area contributed by atoms with Gasteiger partial charge in [-0.1, -0.05) is 0 Å². The summed E-state index contributed by atoms with van der Waals surface area (Å²) < 4.78 is 26.3. The number of carbonyl (C=O) groups excluding carboxylic acids is 1. The van der Waals surface area contributed by atoms with Gasteiger partial charge in [0.05, 0.1) is 22.7 Å². The molecule has 0 spiro atoms. The second-order valence-electron chi connectivity index (χ2n) is 9.86. The summed E-state index contributed by atoms with van der Waals surface area (Å²) in [5, 5.41) is 7.04. The minimum atomic E-state index is -3.25. The molecule has 2 N–H and O–H groups in total. The molecule has 0 bridgehead atoms. The van der Waals surface area contributed by atoms with E-state index in [1.165, 1.54) is 21.9 Å². The predicted octanol–water partition coefficient (Wildman–Crippen LogP) is 0.866. The lowest BCUT2D eigenvalue weighted by Crippen LogP contribution is -2.57. The number of piperazine rings is 1. The first-order valence-electron chi connectivity index (χ1n) is 12.5. The van der Waals surface area contributed by atoms with Crippen molar-refractivity contribution in [2.75, 3.05) is 45.5 Å². The van der Waals surface area contributed by atoms with E-state index >= 15 is 0 Å². The molecular formula is C23H30N8O3S2. The van der Waals surface area contributed by atoms with Gasteiger partial charge in [-0.05, 0) is 38.3 Å². The molecule has 1 amide bonds. The summed E-state index contributed by atoms with van der Waals surface area (Å²) in [6.45, 7) is 3.33. The minimum Gasteiger partial charge on any atom is -0.340 e. The van der Waals surface area contributed by atoms with E-state index < -0.39 is 15.9 Å². The quantitative estimate of drug-likeness (QED) is 0.599. The first kappa shape index (κ1) is 23.9. The van der Waals surface area contributed by atoms with Crippen LogP contribution in [0.1, 0.15) is 48.2 Å². The van der Waals surface area contributed by atoms with E-state index in [9.17, 15) is 13.2 Å². The Kier molecular flexibility index (Phi) is 6.26. The maximum atomic E-state index is 13.6. The number of amidine groups is 1. The molecule has 36 heavy (non-hydrogen) atoms. The number of aliphatic imine (C=N–C) groups is 2. The van der Waals surface area contributed by atoms with Gasteiger partial charge in [0.1, 0.15) is 22.3 Å². The molecule has 2 aromatic rings. The zero-order valence-corrected chi connectivity index (χ0v) is 21.8. The zero-order chi connectivity index (χ0) is 24.9. The Hall–Kier alpha value is -2.48. The number of piperidine rings is 1. The lowest BCUT2D eigenvalue weighted by molar-refractivity contribution is -0.120. The van der Waals surface area contributed by atoms with Gasteiger partial charge in [0.25, 0.3) is 0 Å². The van der Waals surface area contributed by atoms with Crippen LogP contribution < -0.4 is 10.6 Å². The molecule has 4 aliphatic rings. The van der Waals surface area contributed by atoms with E-state index in [0.717, 1.165) is 54.7 Å². The largest absolute Gasteiger partial charge is 0.340 e. The van der Waals surface area contributed by atoms with Gasteiger partial charge in [0.15, 0.2) is 0 Å². The molecule has 13 heteroatoms. The van der Waals surface area contributed by atoms with Gasteiger partial charge >= 0.3 is 0 Å². The number of thiazole rings is 1. The second kappa shape index (κ2) is 9.43. The standard InChI is InChI=1S/C23H30N8O3S2/c1-36(33,34)31-11-9-30(10-12-31)23-28-20(26-15-3-2-7-24-13-15)17(21(32)29-23)22-27-19-16(35-22)6-8-25-18(19)14-4-5-14/h6,8,14-15,17,24H,2-5,7,9-13H2,1H3,(H,26,28,29,32)/t15-,17?/m1/s1. The highest BCUT2D eigenvalue weighted by Gasteiger charge is 2.38. The predicted molar refractivity (Wildman–Crippen MR) is 139 cm³/mol. The van der Waals surface area contributed by atoms with Crippen LogP contribution in [0.25, 0.3) is 10.2 Å². The van der Waals surface area contributed by atoms with Gasteiger partial charge in [0, 0.05) is 44.8 Å². The van der Waals surface area contributed by atoms with E-state index in [-0.39, 0.29) is 11.9 Å². The Labute approximate surface area is 214 Å². The molecule has 1 saturated carbocycles. The van der Waals surface area contributed by atoms with Crippen molar-refractivity contribution < 1.29 is 13.2 Å². The van der Waals surface area contributed by atoms with Gasteiger partial charge in [-0.2, -0.15) is 9.30 Å². The molecule has 1 aliphatic carbocycles. The summed E-state index contributed by atoms with van der Waals surface area (Å²) in [6, 6.07) is 2.01. The van der Waals surface area contributed by atoms with Crippen LogP contribution in [0.2, 0.25) is 0 Å². The van der Waals surface area contributed by atoms with Crippen molar-refractivity contribution in [3.63, 3.8) is 0 Å². The lowest BCUT2D eigenvalue weighted by atomic mass is 10.0. The monoisotopic (exact) mass is 530 g/mol. The van der Waals surface area contributed by atoms with Crippen LogP contribution in [-0.2, 0) is 14.8 Å². The Morgan fingerprint density at radius 2 is 1.97 bits per heavy atom. The normalized spacial score (nSPS) is 27.4. The van der Waals surface area contributed by atoms with Gasteiger partial charge < -0.3 is 10.2 Å². The number of fused-ring (bicyclic) bond motifs is 1. The highest BCUT2D eigenvalue weighted by molar-refractivity contribution is 7.88. The van der Waals surface area contributed by atoms with Crippen LogP contribution in [-0.4, -0.2) is 96.9 Å². The average Bonchev–Trinajstić information content (AvgIpc) is 3.62. The molecule has 0 radical (unpaired) electrons. The molecule has 0 aromatic carbocycles. The molecule has 2 atom stereocenters. The maximum Gasteiger partial charge on any atom is 0.244 e. The molecular weight excluding hydrogens is 500 g/mol. The third kappa shape index (κ3) is 4.76. The summed E-state index contributed by atoms with van der Waals surface area (Å²) in [4.78, 5) is 34.8. The summed E-state index contributed by atoms with van der Waals surface area (Å²) in [6.07, 6.45) is 7.28. The van der Waals surface area contributed by atoms with Crippen LogP contribution in [0.5, 0.6) is 0 Å². The van der Waals surface area contributed by atoms with Crippen molar-refractivity contribution in [1.29, 1.82) is 0 Å². The molecule has 1 unspecified atom stereocenters. The van der Waals surface area contributed by atoms with Gasteiger partial charge in [-0.15, -0.1) is 11.3 Å². The number of sulfonamides is 1. The second-order valence-corrected chi connectivity index (χ2v) is 12.9. The molecule has 2 aromatic heterocycles. The topological polar surface area (TPSA) is 132 Å². The van der Waals surface area contributed by atoms with Gasteiger partial charge in [-0.3, -0.25) is 20.1 Å². The van der Waals surface area contributed by atoms with Crippen LogP contribution in [0.3, 0.4) is 0 Å². The SMILES string of the molecule is CS(=O)(=O)N1CCN(C2=NC(=N[C@@H]3CCCNC3)C(c3nc4c(C5CC5)nccc4s3)C(=O)N2)CC1. The third-order valence-corrected chi connectivity index (χ3v) is 9.52. The maximum absolute atomic E-state index is 13.6. The molecule has 3 fully saturated rings. The molecule has 2 saturated heterocycles. The number of hydrogen-bond acceptors (Lipinski definition) is 9. The van der Waals surface area contributed by atoms with Crippen molar-refractivity contribution in [3.05, 3.63) is 23.0 Å². The number of carbonyl (C=O) groups is 1. The highest BCUT2D eigenvalue weighted by atomic mass is 32.2. The fourth-order valence-corrected chi connectivity index (χ4v) is 6.90. The summed E-state index contributed by atoms with van der Waals surface area (Å²) >= 11 is 1.51. The Morgan fingerprint density at radius 3 is 2.67 bits per heavy atom. The van der Waals surface area contributed by atoms with Crippen molar-refractivity contribution in [3.8, 4) is 0 Å². The lowest BCUT2D eigenvalue weighted by Gasteiger charge is -2.36. The minimum absolute atomic E-state index is 0.0484. The molecule has 5 heterocycles. The number of rotatable bonds is 4. The highest BCUT2D eigenvalue weighted by Crippen LogP contribution is 2.43. The van der Waals surface area contributed by atoms with Crippen molar-refractivity contribution in [2.45, 2.75) is 43.6 Å². The zero-order valence-electron chi connectivity index (χ0n) is 20.2. The number of amides is 1. The average molecular weight is 531 g/mol. The number of nitrogens with one attached hydrogen (secondary N) is 2. The van der Waals surface area contributed by atoms with E-state index in [1.807, 2.05) is 17.2 Å². The smallest absolute Gasteiger partial charge is 0.244 e. The van der Waals surface area contributed by atoms with E-state index in [4.69, 9.17) is 15.0 Å². The fraction of sp³-hybridized carbons (Fsp3) is 0.609. The van der Waals surface area contributed by atoms with Crippen molar-refractivity contribution >= 4 is 49.3 Å². The van der Waals surface area contributed by atoms with Gasteiger partial charge in [-0.25, -0.2) is 13.4 Å². The van der Waals surface area contributed by atoms with E-state index in [2.05, 4.69) is 15.6 Å². The Bertz CT molecular complexity index is 1340. The number of hydrogen-bond donors (Lipinski definition) is 2. The third-order valence-electron chi connectivity index (χ3n) is 7.13. The number of nitrogens with zero attached hydrogens (tertiary/aromatic N) is 6. The molecule has 6 rings (SSSR count). The molecule has 3 aliphatic heterocycles. The van der Waals surface area contributed by atoms with Gasteiger partial charge in [0.2, 0.25) is 21.9 Å². The Morgan fingerprint density at radius 1 is 1.17 bits per heavy atom. The van der Waals surface area contributed by atoms with Crippen molar-refractivity contribution in [1.82, 2.24) is 29.8 Å². The number of guanidine groups is 1. The molecule has 192 valence electrons. The first-order chi connectivity index (χ1) is 17.4. The number of aromatic nitrogens is 2. The number of pyridine rings is 1. The summed E-state index contributed by atoms with van der Waals surface area (Å²) in [5.74, 6) is 0.493.